The van der Waals surface area contributed by atoms with Crippen molar-refractivity contribution in [1.29, 1.82) is 0 Å². The number of aromatic nitrogens is 2. The van der Waals surface area contributed by atoms with Crippen LogP contribution in [0.5, 0.6) is 0 Å². The van der Waals surface area contributed by atoms with Crippen molar-refractivity contribution in [3.05, 3.63) is 70.1 Å². The molecule has 2 N–H and O–H groups in total. The van der Waals surface area contributed by atoms with Crippen molar-refractivity contribution in [2.45, 2.75) is 12.6 Å². The molecule has 0 fully saturated rings. The lowest BCUT2D eigenvalue weighted by Gasteiger charge is -2.05. The van der Waals surface area contributed by atoms with Crippen molar-refractivity contribution < 1.29 is 23.1 Å². The molecule has 0 bridgehead atoms. The van der Waals surface area contributed by atoms with Crippen LogP contribution < -0.4 is 5.32 Å². The van der Waals surface area contributed by atoms with E-state index in [2.05, 4.69) is 22.1 Å². The Hall–Kier alpha value is -3.02. The van der Waals surface area contributed by atoms with Crippen LogP contribution in [0.3, 0.4) is 0 Å². The Morgan fingerprint density at radius 3 is 2.76 bits per heavy atom. The van der Waals surface area contributed by atoms with Crippen LogP contribution in [0.2, 0.25) is 5.02 Å². The average Bonchev–Trinajstić information content (AvgIpc) is 2.99. The number of halogens is 4. The summed E-state index contributed by atoms with van der Waals surface area (Å²) in [5, 5.41) is 11.9. The number of benzene rings is 1. The van der Waals surface area contributed by atoms with E-state index in [1.165, 1.54) is 12.1 Å². The summed E-state index contributed by atoms with van der Waals surface area (Å²) in [7, 11) is 0. The second kappa shape index (κ2) is 8.55. The molecule has 0 saturated carbocycles. The van der Waals surface area contributed by atoms with Crippen LogP contribution in [0.4, 0.5) is 13.2 Å². The monoisotopic (exact) mass is 421 g/mol. The number of hydrogen-bond acceptors (Lipinski definition) is 3. The molecule has 1 aromatic carbocycles. The van der Waals surface area contributed by atoms with E-state index in [1.54, 1.807) is 22.7 Å². The van der Waals surface area contributed by atoms with Gasteiger partial charge in [-0.2, -0.15) is 13.2 Å². The topological polar surface area (TPSA) is 66.6 Å². The maximum atomic E-state index is 12.9. The van der Waals surface area contributed by atoms with E-state index >= 15 is 0 Å². The van der Waals surface area contributed by atoms with E-state index in [9.17, 15) is 18.0 Å². The van der Waals surface area contributed by atoms with Crippen LogP contribution >= 0.6 is 11.6 Å². The summed E-state index contributed by atoms with van der Waals surface area (Å²) in [6, 6.07) is 8.13. The van der Waals surface area contributed by atoms with E-state index in [4.69, 9.17) is 16.7 Å². The van der Waals surface area contributed by atoms with Gasteiger partial charge in [0.15, 0.2) is 0 Å². The second-order valence-corrected chi connectivity index (χ2v) is 6.57. The van der Waals surface area contributed by atoms with Gasteiger partial charge in [-0.3, -0.25) is 9.20 Å². The molecule has 0 spiro atoms. The lowest BCUT2D eigenvalue weighted by Crippen LogP contribution is -2.24. The molecule has 0 amide bonds. The third-order valence-corrected chi connectivity index (χ3v) is 4.21. The highest BCUT2D eigenvalue weighted by Crippen LogP contribution is 2.29. The SMILES string of the molecule is O=C(O)CNCCc1nc2ccc(Cl)cn2c1C#Cc1cccc(C(F)(F)F)c1. The van der Waals surface area contributed by atoms with Crippen LogP contribution in [-0.2, 0) is 17.4 Å². The zero-order chi connectivity index (χ0) is 21.0. The van der Waals surface area contributed by atoms with E-state index < -0.39 is 17.7 Å². The predicted molar refractivity (Wildman–Crippen MR) is 102 cm³/mol. The third-order valence-electron chi connectivity index (χ3n) is 3.98. The molecule has 29 heavy (non-hydrogen) atoms. The lowest BCUT2D eigenvalue weighted by atomic mass is 10.1. The molecule has 9 heteroatoms. The number of carboxylic acids is 1. The number of carboxylic acid groups (broad SMARTS) is 1. The van der Waals surface area contributed by atoms with Gasteiger partial charge in [-0.25, -0.2) is 4.98 Å². The fourth-order valence-electron chi connectivity index (χ4n) is 2.68. The Morgan fingerprint density at radius 2 is 2.03 bits per heavy atom. The van der Waals surface area contributed by atoms with Gasteiger partial charge in [-0.15, -0.1) is 0 Å². The van der Waals surface area contributed by atoms with E-state index in [-0.39, 0.29) is 12.1 Å². The molecule has 150 valence electrons. The van der Waals surface area contributed by atoms with Crippen molar-refractivity contribution in [2.75, 3.05) is 13.1 Å². The molecule has 0 saturated heterocycles. The Bertz CT molecular complexity index is 1110. The molecule has 0 radical (unpaired) electrons. The molecule has 0 aliphatic heterocycles. The number of carbonyl (C=O) groups is 1. The molecule has 3 aromatic rings. The van der Waals surface area contributed by atoms with E-state index in [0.29, 0.717) is 35.0 Å². The summed E-state index contributed by atoms with van der Waals surface area (Å²) >= 11 is 6.05. The van der Waals surface area contributed by atoms with Crippen LogP contribution in [0.25, 0.3) is 5.65 Å². The largest absolute Gasteiger partial charge is 0.480 e. The molecular formula is C20H15ClF3N3O2. The van der Waals surface area contributed by atoms with Crippen LogP contribution in [-0.4, -0.2) is 33.6 Å². The predicted octanol–water partition coefficient (Wildman–Crippen LogP) is 3.62. The third kappa shape index (κ3) is 5.28. The minimum Gasteiger partial charge on any atom is -0.480 e. The van der Waals surface area contributed by atoms with Gasteiger partial charge in [0.2, 0.25) is 0 Å². The quantitative estimate of drug-likeness (QED) is 0.488. The van der Waals surface area contributed by atoms with Crippen LogP contribution in [0.1, 0.15) is 22.5 Å². The number of alkyl halides is 3. The normalized spacial score (nSPS) is 11.3. The number of pyridine rings is 1. The fourth-order valence-corrected chi connectivity index (χ4v) is 2.84. The van der Waals surface area contributed by atoms with Gasteiger partial charge in [0.25, 0.3) is 0 Å². The number of imidazole rings is 1. The molecule has 5 nitrogen and oxygen atoms in total. The van der Waals surface area contributed by atoms with Gasteiger partial charge < -0.3 is 10.4 Å². The maximum absolute atomic E-state index is 12.9. The van der Waals surface area contributed by atoms with Gasteiger partial charge in [-0.1, -0.05) is 23.6 Å². The Kier molecular flexibility index (Phi) is 6.11. The number of nitrogens with zero attached hydrogens (tertiary/aromatic N) is 2. The van der Waals surface area contributed by atoms with Crippen molar-refractivity contribution in [3.63, 3.8) is 0 Å². The molecular weight excluding hydrogens is 407 g/mol. The zero-order valence-electron chi connectivity index (χ0n) is 14.9. The maximum Gasteiger partial charge on any atom is 0.416 e. The number of rotatable bonds is 5. The first-order valence-corrected chi connectivity index (χ1v) is 8.90. The molecule has 3 rings (SSSR count). The van der Waals surface area contributed by atoms with Crippen molar-refractivity contribution in [1.82, 2.24) is 14.7 Å². The second-order valence-electron chi connectivity index (χ2n) is 6.13. The lowest BCUT2D eigenvalue weighted by molar-refractivity contribution is -0.138. The molecule has 0 unspecified atom stereocenters. The van der Waals surface area contributed by atoms with Crippen molar-refractivity contribution >= 4 is 23.2 Å². The molecule has 2 aromatic heterocycles. The first kappa shape index (κ1) is 20.7. The van der Waals surface area contributed by atoms with Gasteiger partial charge in [0, 0.05) is 24.7 Å². The highest BCUT2D eigenvalue weighted by Gasteiger charge is 2.30. The Balaban J connectivity index is 1.95. The summed E-state index contributed by atoms with van der Waals surface area (Å²) in [6.45, 7) is 0.159. The number of hydrogen-bond donors (Lipinski definition) is 2. The summed E-state index contributed by atoms with van der Waals surface area (Å²) in [5.41, 5.74) is 1.09. The Labute approximate surface area is 169 Å². The van der Waals surface area contributed by atoms with E-state index in [0.717, 1.165) is 12.1 Å². The number of nitrogens with one attached hydrogen (secondary N) is 1. The fraction of sp³-hybridized carbons (Fsp3) is 0.200. The van der Waals surface area contributed by atoms with E-state index in [1.807, 2.05) is 0 Å². The van der Waals surface area contributed by atoms with Gasteiger partial charge in [-0.05, 0) is 36.3 Å². The standard InChI is InChI=1S/C20H15ClF3N3O2/c21-15-5-7-18-26-16(8-9-25-11-19(28)29)17(27(18)12-15)6-4-13-2-1-3-14(10-13)20(22,23)24/h1-3,5,7,10,12,25H,8-9,11H2,(H,28,29). The molecule has 2 heterocycles. The van der Waals surface area contributed by atoms with Crippen LogP contribution in [0, 0.1) is 11.8 Å². The highest BCUT2D eigenvalue weighted by molar-refractivity contribution is 6.30. The minimum atomic E-state index is -4.45. The molecule has 0 aliphatic rings. The average molecular weight is 422 g/mol. The first-order valence-electron chi connectivity index (χ1n) is 8.52. The van der Waals surface area contributed by atoms with Crippen molar-refractivity contribution in [3.8, 4) is 11.8 Å². The minimum absolute atomic E-state index is 0.190. The summed E-state index contributed by atoms with van der Waals surface area (Å²) in [6.07, 6.45) is -2.44. The zero-order valence-corrected chi connectivity index (χ0v) is 15.7. The smallest absolute Gasteiger partial charge is 0.416 e. The van der Waals surface area contributed by atoms with Gasteiger partial charge in [0.1, 0.15) is 11.3 Å². The first-order chi connectivity index (χ1) is 13.7. The molecule has 0 aliphatic carbocycles. The highest BCUT2D eigenvalue weighted by atomic mass is 35.5. The number of fused-ring (bicyclic) bond motifs is 1. The van der Waals surface area contributed by atoms with Gasteiger partial charge >= 0.3 is 12.1 Å². The summed E-state index contributed by atoms with van der Waals surface area (Å²) in [4.78, 5) is 15.1. The van der Waals surface area contributed by atoms with Crippen LogP contribution in [0.15, 0.2) is 42.6 Å². The molecule has 0 atom stereocenters. The Morgan fingerprint density at radius 1 is 1.24 bits per heavy atom. The number of aliphatic carboxylic acids is 1. The summed E-state index contributed by atoms with van der Waals surface area (Å²) < 4.78 is 40.4. The summed E-state index contributed by atoms with van der Waals surface area (Å²) in [5.74, 6) is 4.66. The van der Waals surface area contributed by atoms with Gasteiger partial charge in [0.05, 0.1) is 22.8 Å². The van der Waals surface area contributed by atoms with Crippen molar-refractivity contribution in [2.24, 2.45) is 0 Å².